The van der Waals surface area contributed by atoms with Crippen molar-refractivity contribution in [1.29, 1.82) is 0 Å². The third-order valence-electron chi connectivity index (χ3n) is 4.18. The first-order valence-electron chi connectivity index (χ1n) is 8.15. The number of piperidine rings is 1. The van der Waals surface area contributed by atoms with Gasteiger partial charge in [-0.25, -0.2) is 0 Å². The summed E-state index contributed by atoms with van der Waals surface area (Å²) in [7, 11) is 0. The Balaban J connectivity index is 0.00000338. The highest BCUT2D eigenvalue weighted by molar-refractivity contribution is 6.31. The van der Waals surface area contributed by atoms with Gasteiger partial charge in [0, 0.05) is 43.2 Å². The van der Waals surface area contributed by atoms with E-state index in [-0.39, 0.29) is 53.6 Å². The first-order chi connectivity index (χ1) is 11.9. The van der Waals surface area contributed by atoms with Gasteiger partial charge in [-0.05, 0) is 31.4 Å². The molecular formula is C16H22Cl2N4O4. The van der Waals surface area contributed by atoms with Crippen LogP contribution in [0.5, 0.6) is 0 Å². The molecule has 0 saturated carbocycles. The molecule has 8 nitrogen and oxygen atoms in total. The van der Waals surface area contributed by atoms with Crippen molar-refractivity contribution in [3.8, 4) is 0 Å². The Labute approximate surface area is 162 Å². The number of nitrogens with zero attached hydrogens (tertiary/aromatic N) is 2. The van der Waals surface area contributed by atoms with Crippen molar-refractivity contribution in [3.63, 3.8) is 0 Å². The van der Waals surface area contributed by atoms with Gasteiger partial charge >= 0.3 is 0 Å². The molecule has 1 unspecified atom stereocenters. The average Bonchev–Trinajstić information content (AvgIpc) is 2.59. The lowest BCUT2D eigenvalue weighted by Crippen LogP contribution is -2.49. The van der Waals surface area contributed by atoms with E-state index in [0.29, 0.717) is 13.1 Å². The van der Waals surface area contributed by atoms with Crippen LogP contribution in [0.15, 0.2) is 18.2 Å². The van der Waals surface area contributed by atoms with Crippen molar-refractivity contribution >= 4 is 41.5 Å². The summed E-state index contributed by atoms with van der Waals surface area (Å²) in [5.41, 5.74) is 5.04. The minimum Gasteiger partial charge on any atom is -0.354 e. The summed E-state index contributed by atoms with van der Waals surface area (Å²) in [5, 5.41) is 14.2. The topological polar surface area (TPSA) is 119 Å². The van der Waals surface area contributed by atoms with Crippen molar-refractivity contribution in [2.75, 3.05) is 19.6 Å². The number of carbonyl (C=O) groups excluding carboxylic acids is 2. The maximum Gasteiger partial charge on any atom is 0.283 e. The predicted molar refractivity (Wildman–Crippen MR) is 101 cm³/mol. The molecule has 0 bridgehead atoms. The summed E-state index contributed by atoms with van der Waals surface area (Å²) in [6, 6.07) is 3.82. The molecule has 0 aromatic heterocycles. The van der Waals surface area contributed by atoms with E-state index >= 15 is 0 Å². The van der Waals surface area contributed by atoms with Gasteiger partial charge in [-0.2, -0.15) is 0 Å². The lowest BCUT2D eigenvalue weighted by molar-refractivity contribution is -0.385. The second-order valence-corrected chi connectivity index (χ2v) is 6.35. The molecule has 0 spiro atoms. The van der Waals surface area contributed by atoms with E-state index in [1.54, 1.807) is 4.90 Å². The van der Waals surface area contributed by atoms with Crippen LogP contribution in [0.2, 0.25) is 5.02 Å². The molecule has 2 amide bonds. The van der Waals surface area contributed by atoms with E-state index in [1.165, 1.54) is 18.2 Å². The third kappa shape index (κ3) is 5.55. The van der Waals surface area contributed by atoms with Gasteiger partial charge in [0.05, 0.1) is 4.92 Å². The molecule has 1 saturated heterocycles. The van der Waals surface area contributed by atoms with E-state index in [2.05, 4.69) is 5.32 Å². The maximum absolute atomic E-state index is 12.9. The molecule has 3 N–H and O–H groups in total. The van der Waals surface area contributed by atoms with E-state index in [9.17, 15) is 19.7 Å². The quantitative estimate of drug-likeness (QED) is 0.555. The van der Waals surface area contributed by atoms with Crippen LogP contribution >= 0.6 is 24.0 Å². The monoisotopic (exact) mass is 404 g/mol. The van der Waals surface area contributed by atoms with Gasteiger partial charge in [-0.1, -0.05) is 11.6 Å². The van der Waals surface area contributed by atoms with Crippen LogP contribution in [0.3, 0.4) is 0 Å². The number of benzene rings is 1. The number of nitro benzene ring substituents is 1. The molecule has 1 heterocycles. The summed E-state index contributed by atoms with van der Waals surface area (Å²) in [6.07, 6.45) is 2.71. The summed E-state index contributed by atoms with van der Waals surface area (Å²) in [6.45, 7) is 1.07. The van der Waals surface area contributed by atoms with Gasteiger partial charge in [0.1, 0.15) is 5.56 Å². The van der Waals surface area contributed by atoms with E-state index in [0.717, 1.165) is 19.3 Å². The molecule has 2 rings (SSSR count). The molecular weight excluding hydrogens is 383 g/mol. The Bertz CT molecular complexity index is 672. The average molecular weight is 405 g/mol. The lowest BCUT2D eigenvalue weighted by Gasteiger charge is -2.35. The summed E-state index contributed by atoms with van der Waals surface area (Å²) < 4.78 is 0. The minimum absolute atomic E-state index is 0. The summed E-state index contributed by atoms with van der Waals surface area (Å²) >= 11 is 5.81. The zero-order valence-electron chi connectivity index (χ0n) is 14.2. The smallest absolute Gasteiger partial charge is 0.283 e. The molecule has 0 aliphatic carbocycles. The van der Waals surface area contributed by atoms with Gasteiger partial charge < -0.3 is 16.0 Å². The number of nitrogens with one attached hydrogen (secondary N) is 1. The molecule has 1 fully saturated rings. The van der Waals surface area contributed by atoms with E-state index < -0.39 is 10.8 Å². The van der Waals surface area contributed by atoms with Crippen LogP contribution in [0.1, 0.15) is 36.0 Å². The Kier molecular flexibility index (Phi) is 8.77. The van der Waals surface area contributed by atoms with Gasteiger partial charge in [-0.15, -0.1) is 12.4 Å². The maximum atomic E-state index is 12.9. The molecule has 1 aliphatic rings. The number of amides is 2. The van der Waals surface area contributed by atoms with Crippen molar-refractivity contribution < 1.29 is 14.5 Å². The molecule has 10 heteroatoms. The van der Waals surface area contributed by atoms with E-state index in [1.807, 2.05) is 0 Å². The SMILES string of the molecule is Cl.NCCC(=O)NCC1CCCCN1C(=O)c1ccc(Cl)cc1[N+](=O)[O-]. The molecule has 144 valence electrons. The highest BCUT2D eigenvalue weighted by Crippen LogP contribution is 2.27. The Morgan fingerprint density at radius 1 is 1.38 bits per heavy atom. The Morgan fingerprint density at radius 2 is 2.12 bits per heavy atom. The molecule has 1 aromatic rings. The largest absolute Gasteiger partial charge is 0.354 e. The lowest BCUT2D eigenvalue weighted by atomic mass is 10.00. The van der Waals surface area contributed by atoms with Gasteiger partial charge in [0.2, 0.25) is 5.91 Å². The predicted octanol–water partition coefficient (Wildman–Crippen LogP) is 2.13. The second kappa shape index (κ2) is 10.3. The molecule has 0 radical (unpaired) electrons. The normalized spacial score (nSPS) is 16.5. The fraction of sp³-hybridized carbons (Fsp3) is 0.500. The number of hydrogen-bond donors (Lipinski definition) is 2. The number of nitro groups is 1. The number of nitrogens with two attached hydrogens (primary N) is 1. The van der Waals surface area contributed by atoms with Crippen LogP contribution in [0, 0.1) is 10.1 Å². The fourth-order valence-corrected chi connectivity index (χ4v) is 3.09. The Hall–Kier alpha value is -1.90. The number of hydrogen-bond acceptors (Lipinski definition) is 5. The van der Waals surface area contributed by atoms with Crippen molar-refractivity contribution in [3.05, 3.63) is 38.9 Å². The van der Waals surface area contributed by atoms with Gasteiger partial charge in [0.15, 0.2) is 0 Å². The standard InChI is InChI=1S/C16H21ClN4O4.ClH/c17-11-4-5-13(14(9-11)21(24)25)16(23)20-8-2-1-3-12(20)10-19-15(22)6-7-18;/h4-5,9,12H,1-3,6-8,10,18H2,(H,19,22);1H. The number of likely N-dealkylation sites (tertiary alicyclic amines) is 1. The summed E-state index contributed by atoms with van der Waals surface area (Å²) in [5.74, 6) is -0.584. The number of halogens is 2. The highest BCUT2D eigenvalue weighted by atomic mass is 35.5. The van der Waals surface area contributed by atoms with Crippen LogP contribution in [0.4, 0.5) is 5.69 Å². The van der Waals surface area contributed by atoms with Crippen LogP contribution in [-0.4, -0.2) is 47.3 Å². The van der Waals surface area contributed by atoms with Gasteiger partial charge in [0.25, 0.3) is 11.6 Å². The highest BCUT2D eigenvalue weighted by Gasteiger charge is 2.31. The van der Waals surface area contributed by atoms with Crippen molar-refractivity contribution in [1.82, 2.24) is 10.2 Å². The van der Waals surface area contributed by atoms with Crippen LogP contribution in [-0.2, 0) is 4.79 Å². The third-order valence-corrected chi connectivity index (χ3v) is 4.42. The van der Waals surface area contributed by atoms with Crippen molar-refractivity contribution in [2.45, 2.75) is 31.7 Å². The number of rotatable bonds is 6. The van der Waals surface area contributed by atoms with Crippen molar-refractivity contribution in [2.24, 2.45) is 5.73 Å². The van der Waals surface area contributed by atoms with Crippen LogP contribution in [0.25, 0.3) is 0 Å². The zero-order chi connectivity index (χ0) is 18.4. The first-order valence-corrected chi connectivity index (χ1v) is 8.53. The summed E-state index contributed by atoms with van der Waals surface area (Å²) in [4.78, 5) is 36.7. The fourth-order valence-electron chi connectivity index (χ4n) is 2.92. The molecule has 1 atom stereocenters. The molecule has 1 aliphatic heterocycles. The molecule has 26 heavy (non-hydrogen) atoms. The van der Waals surface area contributed by atoms with E-state index in [4.69, 9.17) is 17.3 Å². The van der Waals surface area contributed by atoms with Gasteiger partial charge in [-0.3, -0.25) is 19.7 Å². The molecule has 1 aromatic carbocycles. The Morgan fingerprint density at radius 3 is 2.77 bits per heavy atom. The zero-order valence-corrected chi connectivity index (χ0v) is 15.7. The second-order valence-electron chi connectivity index (χ2n) is 5.91. The minimum atomic E-state index is -0.610. The first kappa shape index (κ1) is 22.1. The number of carbonyl (C=O) groups is 2. The van der Waals surface area contributed by atoms with Crippen LogP contribution < -0.4 is 11.1 Å².